The molecule has 0 bridgehead atoms. The largest absolute Gasteiger partial charge is 0.318 e. The van der Waals surface area contributed by atoms with E-state index in [9.17, 15) is 13.0 Å². The maximum atomic E-state index is 13.9. The van der Waals surface area contributed by atoms with Crippen LogP contribution in [0.5, 0.6) is 0 Å². The molecule has 0 aliphatic carbocycles. The summed E-state index contributed by atoms with van der Waals surface area (Å²) in [5.74, 6) is -1.11. The van der Waals surface area contributed by atoms with Crippen molar-refractivity contribution >= 4 is 9.73 Å². The van der Waals surface area contributed by atoms with E-state index >= 15 is 0 Å². The fourth-order valence-electron chi connectivity index (χ4n) is 1.95. The van der Waals surface area contributed by atoms with Crippen molar-refractivity contribution in [3.63, 3.8) is 0 Å². The summed E-state index contributed by atoms with van der Waals surface area (Å²) in [4.78, 5) is 0. The second kappa shape index (κ2) is 6.08. The molecule has 0 heterocycles. The fourth-order valence-corrected chi connectivity index (χ4v) is 3.97. The molecule has 1 aromatic rings. The van der Waals surface area contributed by atoms with Crippen molar-refractivity contribution in [2.45, 2.75) is 24.1 Å². The lowest BCUT2D eigenvalue weighted by Crippen LogP contribution is -2.49. The number of alkyl halides is 1. The molecule has 1 aromatic carbocycles. The van der Waals surface area contributed by atoms with Gasteiger partial charge in [-0.05, 0) is 19.9 Å². The molecule has 1 rings (SSSR count). The van der Waals surface area contributed by atoms with Gasteiger partial charge in [0.05, 0.1) is 27.1 Å². The van der Waals surface area contributed by atoms with E-state index in [-0.39, 0.29) is 5.56 Å². The first-order valence-corrected chi connectivity index (χ1v) is 7.98. The summed E-state index contributed by atoms with van der Waals surface area (Å²) in [6.07, 6.45) is 0. The molecule has 0 saturated carbocycles. The Morgan fingerprint density at radius 2 is 2.00 bits per heavy atom. The average Bonchev–Trinajstić information content (AvgIpc) is 2.47. The minimum Gasteiger partial charge on any atom is -0.318 e. The Balaban J connectivity index is 3.40. The highest BCUT2D eigenvalue weighted by atomic mass is 32.2. The first kappa shape index (κ1) is 17.5. The number of nitriles is 1. The highest BCUT2D eigenvalue weighted by Crippen LogP contribution is 2.29. The zero-order valence-corrected chi connectivity index (χ0v) is 13.1. The third-order valence-corrected chi connectivity index (χ3v) is 6.65. The Labute approximate surface area is 124 Å². The Hall–Kier alpha value is -1.52. The third kappa shape index (κ3) is 3.22. The molecular weight excluding hydrogens is 296 g/mol. The summed E-state index contributed by atoms with van der Waals surface area (Å²) in [5, 5.41) is 9.16. The minimum atomic E-state index is -3.16. The molecule has 0 saturated heterocycles. The van der Waals surface area contributed by atoms with Gasteiger partial charge in [-0.25, -0.2) is 17.4 Å². The quantitative estimate of drug-likeness (QED) is 0.906. The van der Waals surface area contributed by atoms with E-state index in [1.165, 1.54) is 39.1 Å². The first-order chi connectivity index (χ1) is 9.65. The van der Waals surface area contributed by atoms with Gasteiger partial charge in [0.15, 0.2) is 0 Å². The number of halogens is 2. The molecule has 0 aliphatic heterocycles. The SMILES string of the molecule is CN=[S@](=O)(CC(N)(CF)c1ccccc1F)C(C)(C)C#N. The number of rotatable bonds is 5. The van der Waals surface area contributed by atoms with Crippen molar-refractivity contribution in [2.75, 3.05) is 19.5 Å². The van der Waals surface area contributed by atoms with Crippen LogP contribution >= 0.6 is 0 Å². The van der Waals surface area contributed by atoms with Gasteiger partial charge in [-0.1, -0.05) is 18.2 Å². The van der Waals surface area contributed by atoms with Crippen molar-refractivity contribution in [1.29, 1.82) is 5.26 Å². The predicted octanol–water partition coefficient (Wildman–Crippen LogP) is 2.35. The molecule has 21 heavy (non-hydrogen) atoms. The predicted molar refractivity (Wildman–Crippen MR) is 79.3 cm³/mol. The van der Waals surface area contributed by atoms with Crippen molar-refractivity contribution in [2.24, 2.45) is 10.1 Å². The Kier molecular flexibility index (Phi) is 5.07. The number of hydrogen-bond acceptors (Lipinski definition) is 4. The van der Waals surface area contributed by atoms with Crippen LogP contribution in [0.25, 0.3) is 0 Å². The molecule has 2 atom stereocenters. The smallest absolute Gasteiger partial charge is 0.135 e. The van der Waals surface area contributed by atoms with Gasteiger partial charge in [-0.15, -0.1) is 0 Å². The summed E-state index contributed by atoms with van der Waals surface area (Å²) < 4.78 is 42.8. The Bertz CT molecular complexity index is 675. The fraction of sp³-hybridized carbons (Fsp3) is 0.500. The number of nitrogens with zero attached hydrogens (tertiary/aromatic N) is 2. The molecule has 0 fully saturated rings. The van der Waals surface area contributed by atoms with Gasteiger partial charge in [-0.2, -0.15) is 5.26 Å². The van der Waals surface area contributed by atoms with Crippen LogP contribution in [0.4, 0.5) is 8.78 Å². The van der Waals surface area contributed by atoms with Crippen LogP contribution in [-0.4, -0.2) is 28.4 Å². The van der Waals surface area contributed by atoms with Crippen LogP contribution < -0.4 is 5.73 Å². The second-order valence-electron chi connectivity index (χ2n) is 5.36. The van der Waals surface area contributed by atoms with Crippen molar-refractivity contribution in [1.82, 2.24) is 0 Å². The summed E-state index contributed by atoms with van der Waals surface area (Å²) in [7, 11) is -1.86. The Morgan fingerprint density at radius 3 is 2.43 bits per heavy atom. The summed E-state index contributed by atoms with van der Waals surface area (Å²) in [6, 6.07) is 7.40. The van der Waals surface area contributed by atoms with Gasteiger partial charge in [0.25, 0.3) is 0 Å². The normalized spacial score (nSPS) is 17.4. The van der Waals surface area contributed by atoms with E-state index in [4.69, 9.17) is 11.0 Å². The van der Waals surface area contributed by atoms with Crippen LogP contribution in [0.15, 0.2) is 28.6 Å². The number of benzene rings is 1. The molecular formula is C14H19F2N3OS. The molecule has 1 unspecified atom stereocenters. The maximum Gasteiger partial charge on any atom is 0.135 e. The van der Waals surface area contributed by atoms with Crippen LogP contribution in [0.2, 0.25) is 0 Å². The van der Waals surface area contributed by atoms with Crippen molar-refractivity contribution in [3.05, 3.63) is 35.6 Å². The maximum absolute atomic E-state index is 13.9. The number of nitrogens with two attached hydrogens (primary N) is 1. The highest BCUT2D eigenvalue weighted by Gasteiger charge is 2.41. The van der Waals surface area contributed by atoms with E-state index in [0.717, 1.165) is 6.07 Å². The molecule has 4 nitrogen and oxygen atoms in total. The molecule has 0 spiro atoms. The van der Waals surface area contributed by atoms with E-state index in [1.807, 2.05) is 6.07 Å². The van der Waals surface area contributed by atoms with Gasteiger partial charge in [0, 0.05) is 12.6 Å². The van der Waals surface area contributed by atoms with E-state index in [2.05, 4.69) is 4.36 Å². The summed E-state index contributed by atoms with van der Waals surface area (Å²) >= 11 is 0. The molecule has 116 valence electrons. The molecule has 7 heteroatoms. The van der Waals surface area contributed by atoms with Crippen LogP contribution in [-0.2, 0) is 15.3 Å². The van der Waals surface area contributed by atoms with Gasteiger partial charge < -0.3 is 5.73 Å². The van der Waals surface area contributed by atoms with E-state index in [1.54, 1.807) is 0 Å². The Morgan fingerprint density at radius 1 is 1.43 bits per heavy atom. The van der Waals surface area contributed by atoms with Crippen LogP contribution in [0.1, 0.15) is 19.4 Å². The van der Waals surface area contributed by atoms with Crippen molar-refractivity contribution < 1.29 is 13.0 Å². The van der Waals surface area contributed by atoms with Crippen LogP contribution in [0, 0.1) is 17.1 Å². The lowest BCUT2D eigenvalue weighted by atomic mass is 9.94. The molecule has 0 aromatic heterocycles. The van der Waals surface area contributed by atoms with Gasteiger partial charge in [0.2, 0.25) is 0 Å². The third-order valence-electron chi connectivity index (χ3n) is 3.46. The highest BCUT2D eigenvalue weighted by molar-refractivity contribution is 7.95. The zero-order valence-electron chi connectivity index (χ0n) is 12.3. The van der Waals surface area contributed by atoms with E-state index < -0.39 is 38.3 Å². The van der Waals surface area contributed by atoms with E-state index in [0.29, 0.717) is 0 Å². The van der Waals surface area contributed by atoms with Gasteiger partial charge in [0.1, 0.15) is 17.2 Å². The first-order valence-electron chi connectivity index (χ1n) is 6.29. The molecule has 0 radical (unpaired) electrons. The monoisotopic (exact) mass is 315 g/mol. The standard InChI is InChI=1S/C14H19F2N3OS/c1-13(2,9-17)21(20,19-3)10-14(18,8-15)11-6-4-5-7-12(11)16/h4-7H,8,10,18H2,1-3H3/t14?,21-/m0/s1. The zero-order chi connectivity index (χ0) is 16.3. The topological polar surface area (TPSA) is 79.2 Å². The number of hydrogen-bond donors (Lipinski definition) is 1. The summed E-state index contributed by atoms with van der Waals surface area (Å²) in [5.41, 5.74) is 4.10. The molecule has 2 N–H and O–H groups in total. The minimum absolute atomic E-state index is 0.0717. The summed E-state index contributed by atoms with van der Waals surface area (Å²) in [6.45, 7) is 1.78. The second-order valence-corrected chi connectivity index (χ2v) is 8.31. The average molecular weight is 315 g/mol. The van der Waals surface area contributed by atoms with Gasteiger partial charge in [-0.3, -0.25) is 0 Å². The van der Waals surface area contributed by atoms with Gasteiger partial charge >= 0.3 is 0 Å². The molecule has 0 aliphatic rings. The lowest BCUT2D eigenvalue weighted by molar-refractivity contribution is 0.328. The van der Waals surface area contributed by atoms with Crippen LogP contribution in [0.3, 0.4) is 0 Å². The molecule has 0 amide bonds. The lowest BCUT2D eigenvalue weighted by Gasteiger charge is -2.32. The van der Waals surface area contributed by atoms with Crippen molar-refractivity contribution in [3.8, 4) is 6.07 Å².